The van der Waals surface area contributed by atoms with Crippen LogP contribution in [0.15, 0.2) is 17.0 Å². The highest BCUT2D eigenvalue weighted by Gasteiger charge is 2.62. The summed E-state index contributed by atoms with van der Waals surface area (Å²) in [5, 5.41) is 13.5. The van der Waals surface area contributed by atoms with Gasteiger partial charge >= 0.3 is 5.97 Å². The molecule has 2 fully saturated rings. The second-order valence-corrected chi connectivity index (χ2v) is 13.3. The van der Waals surface area contributed by atoms with Crippen molar-refractivity contribution in [2.75, 3.05) is 19.4 Å². The molecule has 0 saturated heterocycles. The molecule has 1 aromatic rings. The summed E-state index contributed by atoms with van der Waals surface area (Å²) in [6.07, 6.45) is 4.99. The van der Waals surface area contributed by atoms with Crippen LogP contribution in [0.25, 0.3) is 0 Å². The number of methoxy groups -OCH3 is 1. The number of phenolic OH excluding ortho intramolecular Hbond substituents is 1. The standard InChI is InChI=1S/C25H35NO6S/c1-23(2)8-6-9-24(3)18(23)7-10-25(4)19(24)14-33(30,31)17-12-15(11-16(27)21(17)25)22(29)26-13-20(28)32-5/h11-12,18-19,27H,6-10,13-14H2,1-5H3,(H,26,29). The van der Waals surface area contributed by atoms with Gasteiger partial charge in [0.1, 0.15) is 12.3 Å². The molecule has 7 nitrogen and oxygen atoms in total. The first-order chi connectivity index (χ1) is 15.3. The average molecular weight is 478 g/mol. The van der Waals surface area contributed by atoms with E-state index in [4.69, 9.17) is 0 Å². The van der Waals surface area contributed by atoms with Crippen molar-refractivity contribution in [1.29, 1.82) is 0 Å². The highest BCUT2D eigenvalue weighted by Crippen LogP contribution is 2.67. The molecule has 1 aliphatic heterocycles. The Hall–Kier alpha value is -2.09. The molecule has 4 unspecified atom stereocenters. The quantitative estimate of drug-likeness (QED) is 0.644. The molecule has 33 heavy (non-hydrogen) atoms. The van der Waals surface area contributed by atoms with Crippen molar-refractivity contribution in [1.82, 2.24) is 5.32 Å². The van der Waals surface area contributed by atoms with E-state index >= 15 is 0 Å². The van der Waals surface area contributed by atoms with E-state index in [2.05, 4.69) is 37.7 Å². The fourth-order valence-corrected chi connectivity index (χ4v) is 9.83. The average Bonchev–Trinajstić information content (AvgIpc) is 2.72. The summed E-state index contributed by atoms with van der Waals surface area (Å²) in [7, 11) is -2.51. The smallest absolute Gasteiger partial charge is 0.325 e. The van der Waals surface area contributed by atoms with Gasteiger partial charge in [-0.1, -0.05) is 34.1 Å². The molecule has 4 rings (SSSR count). The molecule has 2 N–H and O–H groups in total. The molecule has 1 heterocycles. The predicted molar refractivity (Wildman–Crippen MR) is 124 cm³/mol. The van der Waals surface area contributed by atoms with Gasteiger partial charge in [0.25, 0.3) is 5.91 Å². The maximum atomic E-state index is 13.6. The summed E-state index contributed by atoms with van der Waals surface area (Å²) in [6, 6.07) is 2.69. The summed E-state index contributed by atoms with van der Waals surface area (Å²) in [6.45, 7) is 8.62. The fourth-order valence-electron chi connectivity index (χ4n) is 7.51. The molecule has 8 heteroatoms. The van der Waals surface area contributed by atoms with E-state index in [1.165, 1.54) is 19.2 Å². The van der Waals surface area contributed by atoms with Gasteiger partial charge in [-0.3, -0.25) is 9.59 Å². The number of sulfone groups is 1. The van der Waals surface area contributed by atoms with E-state index in [0.717, 1.165) is 32.1 Å². The number of ether oxygens (including phenoxy) is 1. The molecule has 1 amide bonds. The molecule has 0 bridgehead atoms. The minimum atomic E-state index is -3.72. The number of hydrogen-bond acceptors (Lipinski definition) is 6. The Labute approximate surface area is 196 Å². The Morgan fingerprint density at radius 3 is 2.48 bits per heavy atom. The molecular formula is C25H35NO6S. The number of amides is 1. The normalized spacial score (nSPS) is 33.7. The van der Waals surface area contributed by atoms with Crippen molar-refractivity contribution in [3.05, 3.63) is 23.3 Å². The fraction of sp³-hybridized carbons (Fsp3) is 0.680. The van der Waals surface area contributed by atoms with Crippen LogP contribution in [0.5, 0.6) is 5.75 Å². The number of hydrogen-bond donors (Lipinski definition) is 2. The molecule has 0 aromatic heterocycles. The van der Waals surface area contributed by atoms with Crippen LogP contribution in [-0.2, 0) is 24.8 Å². The summed E-state index contributed by atoms with van der Waals surface area (Å²) in [5.41, 5.74) is -0.0135. The first kappa shape index (κ1) is 24.0. The van der Waals surface area contributed by atoms with Gasteiger partial charge in [-0.05, 0) is 60.5 Å². The second-order valence-electron chi connectivity index (χ2n) is 11.3. The van der Waals surface area contributed by atoms with Crippen molar-refractivity contribution >= 4 is 21.7 Å². The Bertz CT molecular complexity index is 1110. The van der Waals surface area contributed by atoms with Gasteiger partial charge in [0, 0.05) is 16.5 Å². The van der Waals surface area contributed by atoms with E-state index in [1.54, 1.807) is 0 Å². The molecule has 2 saturated carbocycles. The molecule has 0 spiro atoms. The maximum absolute atomic E-state index is 13.6. The zero-order valence-electron chi connectivity index (χ0n) is 20.2. The van der Waals surface area contributed by atoms with Crippen LogP contribution in [0.3, 0.4) is 0 Å². The lowest BCUT2D eigenvalue weighted by molar-refractivity contribution is -0.139. The molecule has 2 aliphatic carbocycles. The Morgan fingerprint density at radius 1 is 1.12 bits per heavy atom. The summed E-state index contributed by atoms with van der Waals surface area (Å²) < 4.78 is 31.7. The van der Waals surface area contributed by atoms with Crippen LogP contribution < -0.4 is 5.32 Å². The summed E-state index contributed by atoms with van der Waals surface area (Å²) in [5.74, 6) is -1.07. The zero-order valence-corrected chi connectivity index (χ0v) is 21.0. The summed E-state index contributed by atoms with van der Waals surface area (Å²) in [4.78, 5) is 24.0. The zero-order chi connectivity index (χ0) is 24.4. The van der Waals surface area contributed by atoms with Gasteiger partial charge < -0.3 is 15.2 Å². The minimum Gasteiger partial charge on any atom is -0.508 e. The van der Waals surface area contributed by atoms with E-state index in [1.807, 2.05) is 0 Å². The predicted octanol–water partition coefficient (Wildman–Crippen LogP) is 3.58. The first-order valence-electron chi connectivity index (χ1n) is 11.7. The Kier molecular flexibility index (Phi) is 5.62. The van der Waals surface area contributed by atoms with E-state index in [9.17, 15) is 23.1 Å². The molecular weight excluding hydrogens is 442 g/mol. The van der Waals surface area contributed by atoms with Crippen molar-refractivity contribution in [2.24, 2.45) is 22.7 Å². The third kappa shape index (κ3) is 3.65. The maximum Gasteiger partial charge on any atom is 0.325 e. The SMILES string of the molecule is COC(=O)CNC(=O)c1cc(O)c2c(c1)S(=O)(=O)CC1C2(C)CCC2C(C)(C)CCCC21C. The van der Waals surface area contributed by atoms with Gasteiger partial charge in [-0.2, -0.15) is 0 Å². The van der Waals surface area contributed by atoms with Gasteiger partial charge in [0.15, 0.2) is 9.84 Å². The third-order valence-electron chi connectivity index (χ3n) is 9.05. The van der Waals surface area contributed by atoms with Crippen LogP contribution in [-0.4, -0.2) is 44.8 Å². The van der Waals surface area contributed by atoms with E-state index in [-0.39, 0.29) is 45.3 Å². The van der Waals surface area contributed by atoms with E-state index < -0.39 is 27.1 Å². The summed E-state index contributed by atoms with van der Waals surface area (Å²) >= 11 is 0. The molecule has 3 aliphatic rings. The Balaban J connectivity index is 1.79. The lowest BCUT2D eigenvalue weighted by Gasteiger charge is -2.63. The number of fused-ring (bicyclic) bond motifs is 5. The lowest BCUT2D eigenvalue weighted by atomic mass is 9.43. The number of aromatic hydroxyl groups is 1. The minimum absolute atomic E-state index is 0.0134. The number of esters is 1. The first-order valence-corrected chi connectivity index (χ1v) is 13.4. The van der Waals surface area contributed by atoms with Crippen LogP contribution in [0.2, 0.25) is 0 Å². The van der Waals surface area contributed by atoms with Crippen LogP contribution >= 0.6 is 0 Å². The highest BCUT2D eigenvalue weighted by atomic mass is 32.2. The van der Waals surface area contributed by atoms with Gasteiger partial charge in [-0.15, -0.1) is 0 Å². The van der Waals surface area contributed by atoms with Crippen molar-refractivity contribution in [2.45, 2.75) is 70.1 Å². The van der Waals surface area contributed by atoms with Crippen molar-refractivity contribution in [3.63, 3.8) is 0 Å². The van der Waals surface area contributed by atoms with Gasteiger partial charge in [-0.25, -0.2) is 8.42 Å². The van der Waals surface area contributed by atoms with Crippen LogP contribution in [0, 0.1) is 22.7 Å². The highest BCUT2D eigenvalue weighted by molar-refractivity contribution is 7.91. The Morgan fingerprint density at radius 2 is 1.82 bits per heavy atom. The number of rotatable bonds is 3. The molecule has 4 atom stereocenters. The monoisotopic (exact) mass is 477 g/mol. The van der Waals surface area contributed by atoms with Crippen molar-refractivity contribution < 1.29 is 27.9 Å². The van der Waals surface area contributed by atoms with Gasteiger partial charge in [0.05, 0.1) is 17.8 Å². The number of carbonyl (C=O) groups excluding carboxylic acids is 2. The molecule has 1 aromatic carbocycles. The van der Waals surface area contributed by atoms with Crippen molar-refractivity contribution in [3.8, 4) is 5.75 Å². The van der Waals surface area contributed by atoms with Crippen LogP contribution in [0.4, 0.5) is 0 Å². The van der Waals surface area contributed by atoms with Crippen LogP contribution in [0.1, 0.15) is 75.7 Å². The number of benzene rings is 1. The van der Waals surface area contributed by atoms with E-state index in [0.29, 0.717) is 11.5 Å². The number of phenols is 1. The largest absolute Gasteiger partial charge is 0.508 e. The van der Waals surface area contributed by atoms with Gasteiger partial charge in [0.2, 0.25) is 0 Å². The number of nitrogens with one attached hydrogen (secondary N) is 1. The molecule has 0 radical (unpaired) electrons. The second kappa shape index (κ2) is 7.72. The topological polar surface area (TPSA) is 110 Å². The lowest BCUT2D eigenvalue weighted by Crippen LogP contribution is -2.59. The third-order valence-corrected chi connectivity index (χ3v) is 10.8. The molecule has 182 valence electrons. The number of carbonyl (C=O) groups is 2.